The molecule has 0 fully saturated rings. The van der Waals surface area contributed by atoms with Gasteiger partial charge in [0.15, 0.2) is 0 Å². The lowest BCUT2D eigenvalue weighted by Crippen LogP contribution is -2.15. The minimum absolute atomic E-state index is 0.105. The van der Waals surface area contributed by atoms with Crippen LogP contribution >= 0.6 is 0 Å². The lowest BCUT2D eigenvalue weighted by molar-refractivity contribution is 0.701. The molecule has 0 saturated carbocycles. The molecule has 0 radical (unpaired) electrons. The molecular weight excluding hydrogens is 126 g/mol. The molecule has 0 aromatic carbocycles. The third kappa shape index (κ3) is 3.51. The minimum Gasteiger partial charge on any atom is -0.387 e. The lowest BCUT2D eigenvalue weighted by Gasteiger charge is -2.01. The van der Waals surface area contributed by atoms with Crippen LogP contribution in [0, 0.1) is 22.7 Å². The Balaban J connectivity index is 3.94. The molecule has 0 unspecified atom stereocenters. The average Bonchev–Trinajstić information content (AvgIpc) is 1.90. The highest BCUT2D eigenvalue weighted by Gasteiger charge is 1.90. The fraction of sp³-hybridized carbons (Fsp3) is 0.429. The van der Waals surface area contributed by atoms with Gasteiger partial charge in [0.1, 0.15) is 17.7 Å². The summed E-state index contributed by atoms with van der Waals surface area (Å²) in [5, 5.41) is 19.4. The van der Waals surface area contributed by atoms with Gasteiger partial charge in [-0.15, -0.1) is 0 Å². The Labute approximate surface area is 60.6 Å². The first-order valence-electron chi connectivity index (χ1n) is 2.97. The molecule has 0 bridgehead atoms. The Morgan fingerprint density at radius 1 is 1.40 bits per heavy atom. The van der Waals surface area contributed by atoms with E-state index in [1.54, 1.807) is 12.1 Å². The van der Waals surface area contributed by atoms with Crippen LogP contribution in [0.2, 0.25) is 0 Å². The normalized spacial score (nSPS) is 7.70. The maximum Gasteiger partial charge on any atom is 0.145 e. The first kappa shape index (κ1) is 8.52. The second-order valence-corrected chi connectivity index (χ2v) is 2.10. The van der Waals surface area contributed by atoms with Gasteiger partial charge in [-0.1, -0.05) is 0 Å². The van der Waals surface area contributed by atoms with Crippen molar-refractivity contribution in [3.8, 4) is 12.1 Å². The van der Waals surface area contributed by atoms with Gasteiger partial charge < -0.3 is 5.32 Å². The van der Waals surface area contributed by atoms with E-state index < -0.39 is 0 Å². The third-order valence-electron chi connectivity index (χ3n) is 0.802. The highest BCUT2D eigenvalue weighted by Crippen LogP contribution is 1.86. The molecule has 1 N–H and O–H groups in total. The molecule has 0 saturated heterocycles. The van der Waals surface area contributed by atoms with Crippen molar-refractivity contribution in [2.75, 3.05) is 0 Å². The van der Waals surface area contributed by atoms with E-state index in [4.69, 9.17) is 10.5 Å². The smallest absolute Gasteiger partial charge is 0.145 e. The fourth-order valence-corrected chi connectivity index (χ4v) is 0.340. The van der Waals surface area contributed by atoms with Gasteiger partial charge in [-0.05, 0) is 13.8 Å². The summed E-state index contributed by atoms with van der Waals surface area (Å²) >= 11 is 0. The zero-order valence-electron chi connectivity index (χ0n) is 6.05. The molecule has 52 valence electrons. The summed E-state index contributed by atoms with van der Waals surface area (Å²) in [7, 11) is 0. The number of nitrogens with one attached hydrogen (secondary N) is 1. The van der Waals surface area contributed by atoms with Crippen LogP contribution in [0.4, 0.5) is 0 Å². The molecule has 0 aromatic heterocycles. The first-order valence-corrected chi connectivity index (χ1v) is 2.97. The van der Waals surface area contributed by atoms with Crippen molar-refractivity contribution in [2.45, 2.75) is 19.9 Å². The number of allylic oxidation sites excluding steroid dienone is 1. The number of nitrogens with zero attached hydrogens (tertiary/aromatic N) is 2. The molecule has 10 heavy (non-hydrogen) atoms. The minimum atomic E-state index is 0.105. The second kappa shape index (κ2) is 4.40. The summed E-state index contributed by atoms with van der Waals surface area (Å²) in [4.78, 5) is 0. The van der Waals surface area contributed by atoms with Crippen molar-refractivity contribution < 1.29 is 0 Å². The van der Waals surface area contributed by atoms with Crippen LogP contribution in [0.3, 0.4) is 0 Å². The Kier molecular flexibility index (Phi) is 3.75. The summed E-state index contributed by atoms with van der Waals surface area (Å²) in [5.41, 5.74) is 0.105. The van der Waals surface area contributed by atoms with Gasteiger partial charge in [-0.25, -0.2) is 0 Å². The summed E-state index contributed by atoms with van der Waals surface area (Å²) in [5.74, 6) is 0. The van der Waals surface area contributed by atoms with E-state index in [2.05, 4.69) is 5.32 Å². The summed E-state index contributed by atoms with van der Waals surface area (Å²) in [6.07, 6.45) is 1.42. The van der Waals surface area contributed by atoms with Gasteiger partial charge in [0.05, 0.1) is 0 Å². The Bertz CT molecular complexity index is 186. The van der Waals surface area contributed by atoms with Crippen LogP contribution in [0.1, 0.15) is 13.8 Å². The van der Waals surface area contributed by atoms with E-state index in [9.17, 15) is 0 Å². The summed E-state index contributed by atoms with van der Waals surface area (Å²) in [6, 6.07) is 3.75. The molecule has 3 heteroatoms. The van der Waals surface area contributed by atoms with E-state index in [1.165, 1.54) is 6.20 Å². The molecule has 3 nitrogen and oxygen atoms in total. The molecule has 0 atom stereocenters. The van der Waals surface area contributed by atoms with Crippen LogP contribution in [0.5, 0.6) is 0 Å². The molecular formula is C7H9N3. The van der Waals surface area contributed by atoms with Crippen molar-refractivity contribution in [1.29, 1.82) is 10.5 Å². The van der Waals surface area contributed by atoms with Crippen LogP contribution < -0.4 is 5.32 Å². The van der Waals surface area contributed by atoms with E-state index >= 15 is 0 Å². The van der Waals surface area contributed by atoms with Crippen LogP contribution in [-0.2, 0) is 0 Å². The monoisotopic (exact) mass is 135 g/mol. The Morgan fingerprint density at radius 3 is 2.20 bits per heavy atom. The molecule has 0 aromatic rings. The largest absolute Gasteiger partial charge is 0.387 e. The zero-order valence-corrected chi connectivity index (χ0v) is 6.05. The molecule has 0 aliphatic rings. The van der Waals surface area contributed by atoms with Gasteiger partial charge >= 0.3 is 0 Å². The quantitative estimate of drug-likeness (QED) is 0.572. The van der Waals surface area contributed by atoms with Gasteiger partial charge in [-0.2, -0.15) is 10.5 Å². The van der Waals surface area contributed by atoms with E-state index in [1.807, 2.05) is 13.8 Å². The molecule has 0 heterocycles. The summed E-state index contributed by atoms with van der Waals surface area (Å²) in [6.45, 7) is 3.87. The van der Waals surface area contributed by atoms with Crippen molar-refractivity contribution in [3.63, 3.8) is 0 Å². The van der Waals surface area contributed by atoms with E-state index in [-0.39, 0.29) is 11.6 Å². The van der Waals surface area contributed by atoms with Crippen LogP contribution in [-0.4, -0.2) is 6.04 Å². The number of hydrogen-bond acceptors (Lipinski definition) is 3. The van der Waals surface area contributed by atoms with Crippen molar-refractivity contribution in [2.24, 2.45) is 0 Å². The van der Waals surface area contributed by atoms with Crippen molar-refractivity contribution >= 4 is 0 Å². The third-order valence-corrected chi connectivity index (χ3v) is 0.802. The maximum atomic E-state index is 8.26. The van der Waals surface area contributed by atoms with Gasteiger partial charge in [0.25, 0.3) is 0 Å². The standard InChI is InChI=1S/C7H9N3/c1-6(2)10-5-7(3-8)4-9/h5-6,10H,1-2H3. The van der Waals surface area contributed by atoms with Crippen LogP contribution in [0.15, 0.2) is 11.8 Å². The maximum absolute atomic E-state index is 8.26. The highest BCUT2D eigenvalue weighted by atomic mass is 14.9. The predicted octanol–water partition coefficient (Wildman–Crippen LogP) is 0.915. The van der Waals surface area contributed by atoms with Crippen molar-refractivity contribution in [1.82, 2.24) is 5.32 Å². The van der Waals surface area contributed by atoms with Crippen LogP contribution in [0.25, 0.3) is 0 Å². The first-order chi connectivity index (χ1) is 4.70. The second-order valence-electron chi connectivity index (χ2n) is 2.10. The molecule has 0 aliphatic carbocycles. The average molecular weight is 135 g/mol. The van der Waals surface area contributed by atoms with E-state index in [0.29, 0.717) is 0 Å². The Morgan fingerprint density at radius 2 is 1.90 bits per heavy atom. The van der Waals surface area contributed by atoms with Gasteiger partial charge in [0.2, 0.25) is 0 Å². The molecule has 0 aliphatic heterocycles. The van der Waals surface area contributed by atoms with Crippen molar-refractivity contribution in [3.05, 3.63) is 11.8 Å². The van der Waals surface area contributed by atoms with E-state index in [0.717, 1.165) is 0 Å². The Hall–Kier alpha value is -1.48. The topological polar surface area (TPSA) is 59.6 Å². The highest BCUT2D eigenvalue weighted by molar-refractivity contribution is 5.34. The molecule has 0 spiro atoms. The lowest BCUT2D eigenvalue weighted by atomic mass is 10.3. The summed E-state index contributed by atoms with van der Waals surface area (Å²) < 4.78 is 0. The predicted molar refractivity (Wildman–Crippen MR) is 37.6 cm³/mol. The number of nitriles is 2. The molecule has 0 rings (SSSR count). The SMILES string of the molecule is CC(C)NC=C(C#N)C#N. The molecule has 0 amide bonds. The number of hydrogen-bond donors (Lipinski definition) is 1. The zero-order chi connectivity index (χ0) is 7.98. The number of rotatable bonds is 2. The van der Waals surface area contributed by atoms with Gasteiger partial charge in [-0.3, -0.25) is 0 Å². The fourth-order valence-electron chi connectivity index (χ4n) is 0.340. The van der Waals surface area contributed by atoms with Gasteiger partial charge in [0, 0.05) is 12.2 Å².